The SMILES string of the molecule is CC(C)(N)CC(=O)NCC1CCC(O)C1. The average molecular weight is 214 g/mol. The van der Waals surface area contributed by atoms with Crippen LogP contribution < -0.4 is 11.1 Å². The highest BCUT2D eigenvalue weighted by molar-refractivity contribution is 5.77. The molecule has 1 aliphatic carbocycles. The lowest BCUT2D eigenvalue weighted by atomic mass is 10.0. The van der Waals surface area contributed by atoms with Crippen LogP contribution in [0.5, 0.6) is 0 Å². The van der Waals surface area contributed by atoms with Crippen molar-refractivity contribution >= 4 is 5.91 Å². The van der Waals surface area contributed by atoms with E-state index in [0.29, 0.717) is 18.9 Å². The standard InChI is InChI=1S/C11H22N2O2/c1-11(2,12)6-10(15)13-7-8-3-4-9(14)5-8/h8-9,14H,3-7,12H2,1-2H3,(H,13,15). The Morgan fingerprint density at radius 3 is 2.67 bits per heavy atom. The molecule has 1 saturated carbocycles. The van der Waals surface area contributed by atoms with E-state index in [2.05, 4.69) is 5.32 Å². The Morgan fingerprint density at radius 1 is 1.53 bits per heavy atom. The summed E-state index contributed by atoms with van der Waals surface area (Å²) in [5.41, 5.74) is 5.30. The Labute approximate surface area is 91.2 Å². The molecule has 4 nitrogen and oxygen atoms in total. The van der Waals surface area contributed by atoms with Crippen molar-refractivity contribution < 1.29 is 9.90 Å². The van der Waals surface area contributed by atoms with E-state index in [-0.39, 0.29) is 12.0 Å². The number of nitrogens with one attached hydrogen (secondary N) is 1. The quantitative estimate of drug-likeness (QED) is 0.633. The van der Waals surface area contributed by atoms with Crippen LogP contribution in [0.15, 0.2) is 0 Å². The van der Waals surface area contributed by atoms with E-state index in [1.165, 1.54) is 0 Å². The van der Waals surface area contributed by atoms with Crippen molar-refractivity contribution in [3.8, 4) is 0 Å². The molecule has 0 heterocycles. The lowest BCUT2D eigenvalue weighted by Crippen LogP contribution is -2.40. The van der Waals surface area contributed by atoms with Gasteiger partial charge < -0.3 is 16.2 Å². The van der Waals surface area contributed by atoms with Gasteiger partial charge in [-0.3, -0.25) is 4.79 Å². The van der Waals surface area contributed by atoms with Crippen molar-refractivity contribution in [3.63, 3.8) is 0 Å². The van der Waals surface area contributed by atoms with Gasteiger partial charge in [0.25, 0.3) is 0 Å². The van der Waals surface area contributed by atoms with Gasteiger partial charge in [0.05, 0.1) is 6.10 Å². The zero-order valence-corrected chi connectivity index (χ0v) is 9.62. The van der Waals surface area contributed by atoms with Crippen LogP contribution in [0.2, 0.25) is 0 Å². The lowest BCUT2D eigenvalue weighted by molar-refractivity contribution is -0.122. The minimum atomic E-state index is -0.445. The molecule has 0 bridgehead atoms. The zero-order valence-electron chi connectivity index (χ0n) is 9.62. The van der Waals surface area contributed by atoms with Crippen molar-refractivity contribution in [2.45, 2.75) is 51.2 Å². The van der Waals surface area contributed by atoms with E-state index in [1.54, 1.807) is 0 Å². The van der Waals surface area contributed by atoms with Crippen molar-refractivity contribution in [1.82, 2.24) is 5.32 Å². The summed E-state index contributed by atoms with van der Waals surface area (Å²) in [6.45, 7) is 4.35. The number of aliphatic hydroxyl groups is 1. The van der Waals surface area contributed by atoms with Gasteiger partial charge in [-0.1, -0.05) is 0 Å². The molecule has 1 fully saturated rings. The van der Waals surface area contributed by atoms with E-state index < -0.39 is 5.54 Å². The molecule has 0 aliphatic heterocycles. The van der Waals surface area contributed by atoms with Crippen molar-refractivity contribution in [2.75, 3.05) is 6.54 Å². The highest BCUT2D eigenvalue weighted by atomic mass is 16.3. The topological polar surface area (TPSA) is 75.4 Å². The van der Waals surface area contributed by atoms with Gasteiger partial charge in [-0.05, 0) is 39.0 Å². The Balaban J connectivity index is 2.17. The summed E-state index contributed by atoms with van der Waals surface area (Å²) < 4.78 is 0. The van der Waals surface area contributed by atoms with E-state index in [4.69, 9.17) is 5.73 Å². The summed E-state index contributed by atoms with van der Waals surface area (Å²) >= 11 is 0. The van der Waals surface area contributed by atoms with Crippen LogP contribution >= 0.6 is 0 Å². The third-order valence-electron chi connectivity index (χ3n) is 2.72. The fourth-order valence-corrected chi connectivity index (χ4v) is 1.97. The first kappa shape index (κ1) is 12.5. The number of carbonyl (C=O) groups is 1. The van der Waals surface area contributed by atoms with Crippen molar-refractivity contribution in [1.29, 1.82) is 0 Å². The molecular weight excluding hydrogens is 192 g/mol. The molecule has 1 aliphatic rings. The molecule has 2 unspecified atom stereocenters. The van der Waals surface area contributed by atoms with E-state index in [1.807, 2.05) is 13.8 Å². The fourth-order valence-electron chi connectivity index (χ4n) is 1.97. The second kappa shape index (κ2) is 4.94. The molecule has 4 N–H and O–H groups in total. The lowest BCUT2D eigenvalue weighted by Gasteiger charge is -2.18. The van der Waals surface area contributed by atoms with Crippen molar-refractivity contribution in [3.05, 3.63) is 0 Å². The maximum Gasteiger partial charge on any atom is 0.221 e. The minimum absolute atomic E-state index is 0.00360. The van der Waals surface area contributed by atoms with Crippen LogP contribution in [-0.2, 0) is 4.79 Å². The smallest absolute Gasteiger partial charge is 0.221 e. The summed E-state index contributed by atoms with van der Waals surface area (Å²) in [6, 6.07) is 0. The Morgan fingerprint density at radius 2 is 2.20 bits per heavy atom. The van der Waals surface area contributed by atoms with Crippen molar-refractivity contribution in [2.24, 2.45) is 11.7 Å². The minimum Gasteiger partial charge on any atom is -0.393 e. The summed E-state index contributed by atoms with van der Waals surface area (Å²) in [4.78, 5) is 11.4. The second-order valence-corrected chi connectivity index (χ2v) is 5.30. The van der Waals surface area contributed by atoms with Gasteiger partial charge in [-0.25, -0.2) is 0 Å². The largest absolute Gasteiger partial charge is 0.393 e. The average Bonchev–Trinajstić information content (AvgIpc) is 2.45. The third-order valence-corrected chi connectivity index (χ3v) is 2.72. The Bertz CT molecular complexity index is 223. The van der Waals surface area contributed by atoms with E-state index >= 15 is 0 Å². The summed E-state index contributed by atoms with van der Waals surface area (Å²) in [7, 11) is 0. The summed E-state index contributed by atoms with van der Waals surface area (Å²) in [5.74, 6) is 0.439. The molecule has 0 aromatic rings. The zero-order chi connectivity index (χ0) is 11.5. The van der Waals surface area contributed by atoms with Crippen LogP contribution in [0.4, 0.5) is 0 Å². The normalized spacial score (nSPS) is 26.7. The van der Waals surface area contributed by atoms with E-state index in [0.717, 1.165) is 19.3 Å². The molecule has 0 aromatic heterocycles. The molecule has 0 radical (unpaired) electrons. The summed E-state index contributed by atoms with van der Waals surface area (Å²) in [6.07, 6.45) is 2.86. The first-order valence-corrected chi connectivity index (χ1v) is 5.60. The Hall–Kier alpha value is -0.610. The number of nitrogens with two attached hydrogens (primary N) is 1. The highest BCUT2D eigenvalue weighted by Crippen LogP contribution is 2.24. The number of hydrogen-bond acceptors (Lipinski definition) is 3. The predicted molar refractivity (Wildman–Crippen MR) is 59.2 cm³/mol. The van der Waals surface area contributed by atoms with Crippen LogP contribution in [0.25, 0.3) is 0 Å². The first-order chi connectivity index (χ1) is 6.87. The molecule has 1 rings (SSSR count). The van der Waals surface area contributed by atoms with Crippen LogP contribution in [0.3, 0.4) is 0 Å². The highest BCUT2D eigenvalue weighted by Gasteiger charge is 2.23. The van der Waals surface area contributed by atoms with Gasteiger partial charge in [0.2, 0.25) is 5.91 Å². The van der Waals surface area contributed by atoms with Gasteiger partial charge >= 0.3 is 0 Å². The van der Waals surface area contributed by atoms with E-state index in [9.17, 15) is 9.90 Å². The number of amides is 1. The molecule has 2 atom stereocenters. The van der Waals surface area contributed by atoms with Gasteiger partial charge in [0.15, 0.2) is 0 Å². The molecule has 15 heavy (non-hydrogen) atoms. The second-order valence-electron chi connectivity index (χ2n) is 5.30. The first-order valence-electron chi connectivity index (χ1n) is 5.60. The molecule has 88 valence electrons. The number of rotatable bonds is 4. The molecule has 4 heteroatoms. The van der Waals surface area contributed by atoms with Gasteiger partial charge in [-0.2, -0.15) is 0 Å². The fraction of sp³-hybridized carbons (Fsp3) is 0.909. The molecule has 0 spiro atoms. The predicted octanol–water partition coefficient (Wildman–Crippen LogP) is 0.391. The molecule has 1 amide bonds. The van der Waals surface area contributed by atoms with Gasteiger partial charge in [-0.15, -0.1) is 0 Å². The van der Waals surface area contributed by atoms with Gasteiger partial charge in [0, 0.05) is 18.5 Å². The molecule has 0 aromatic carbocycles. The third kappa shape index (κ3) is 5.14. The Kier molecular flexibility index (Phi) is 4.11. The van der Waals surface area contributed by atoms with Crippen LogP contribution in [0, 0.1) is 5.92 Å². The summed E-state index contributed by atoms with van der Waals surface area (Å²) in [5, 5.41) is 12.2. The van der Waals surface area contributed by atoms with Crippen LogP contribution in [-0.4, -0.2) is 29.2 Å². The van der Waals surface area contributed by atoms with Crippen LogP contribution in [0.1, 0.15) is 39.5 Å². The molecular formula is C11H22N2O2. The number of aliphatic hydroxyl groups excluding tert-OH is 1. The number of carbonyl (C=O) groups excluding carboxylic acids is 1. The maximum absolute atomic E-state index is 11.4. The molecule has 0 saturated heterocycles. The number of hydrogen-bond donors (Lipinski definition) is 3. The van der Waals surface area contributed by atoms with Gasteiger partial charge in [0.1, 0.15) is 0 Å². The monoisotopic (exact) mass is 214 g/mol. The maximum atomic E-state index is 11.4.